The number of Topliss-reactive ketones (excluding diaryl/α,β-unsaturated/α-hetero) is 1. The molecular weight excluding hydrogens is 190 g/mol. The number of nitrogens with one attached hydrogen (secondary N) is 1. The van der Waals surface area contributed by atoms with Gasteiger partial charge in [-0.3, -0.25) is 10.1 Å². The molecule has 15 heavy (non-hydrogen) atoms. The normalized spacial score (nSPS) is 28.8. The first-order valence-corrected chi connectivity index (χ1v) is 5.18. The molecule has 1 aliphatic heterocycles. The molecule has 3 nitrogen and oxygen atoms in total. The van der Waals surface area contributed by atoms with Crippen LogP contribution in [0.25, 0.3) is 0 Å². The Balaban J connectivity index is 2.06. The summed E-state index contributed by atoms with van der Waals surface area (Å²) in [6, 6.07) is 9.10. The van der Waals surface area contributed by atoms with Gasteiger partial charge >= 0.3 is 0 Å². The zero-order valence-corrected chi connectivity index (χ0v) is 8.99. The van der Waals surface area contributed by atoms with Gasteiger partial charge in [0.1, 0.15) is 11.8 Å². The monoisotopic (exact) mass is 205 g/mol. The topological polar surface area (TPSA) is 48.2 Å². The fourth-order valence-corrected chi connectivity index (χ4v) is 1.75. The lowest BCUT2D eigenvalue weighted by Gasteiger charge is -2.07. The standard InChI is InChI=1S/C12H15NO2/c1-3-15-12(2)11(13-12)10(14)9-7-5-4-6-8-9/h4-8,11,13H,3H2,1-2H3. The van der Waals surface area contributed by atoms with Crippen LogP contribution in [0.2, 0.25) is 0 Å². The van der Waals surface area contributed by atoms with E-state index in [4.69, 9.17) is 4.74 Å². The maximum Gasteiger partial charge on any atom is 0.184 e. The highest BCUT2D eigenvalue weighted by Crippen LogP contribution is 2.29. The van der Waals surface area contributed by atoms with E-state index in [1.165, 1.54) is 0 Å². The Morgan fingerprint density at radius 2 is 2.13 bits per heavy atom. The van der Waals surface area contributed by atoms with Crippen molar-refractivity contribution in [2.45, 2.75) is 25.6 Å². The Bertz CT molecular complexity index is 363. The van der Waals surface area contributed by atoms with Gasteiger partial charge in [-0.05, 0) is 13.8 Å². The van der Waals surface area contributed by atoms with Crippen LogP contribution in [-0.4, -0.2) is 24.2 Å². The highest BCUT2D eigenvalue weighted by molar-refractivity contribution is 6.03. The maximum atomic E-state index is 12.0. The summed E-state index contributed by atoms with van der Waals surface area (Å²) in [7, 11) is 0. The largest absolute Gasteiger partial charge is 0.359 e. The van der Waals surface area contributed by atoms with Crippen LogP contribution in [0.5, 0.6) is 0 Å². The number of hydrogen-bond acceptors (Lipinski definition) is 3. The van der Waals surface area contributed by atoms with Gasteiger partial charge in [-0.25, -0.2) is 0 Å². The number of benzene rings is 1. The van der Waals surface area contributed by atoms with Crippen LogP contribution in [0.15, 0.2) is 30.3 Å². The molecule has 2 unspecified atom stereocenters. The second-order valence-corrected chi connectivity index (χ2v) is 3.85. The van der Waals surface area contributed by atoms with Gasteiger partial charge < -0.3 is 4.74 Å². The first-order valence-electron chi connectivity index (χ1n) is 5.18. The smallest absolute Gasteiger partial charge is 0.184 e. The summed E-state index contributed by atoms with van der Waals surface area (Å²) >= 11 is 0. The van der Waals surface area contributed by atoms with E-state index < -0.39 is 5.72 Å². The van der Waals surface area contributed by atoms with E-state index >= 15 is 0 Å². The van der Waals surface area contributed by atoms with Gasteiger partial charge in [-0.1, -0.05) is 30.3 Å². The fraction of sp³-hybridized carbons (Fsp3) is 0.417. The van der Waals surface area contributed by atoms with Gasteiger partial charge in [0.05, 0.1) is 0 Å². The van der Waals surface area contributed by atoms with Crippen molar-refractivity contribution in [3.8, 4) is 0 Å². The molecule has 0 bridgehead atoms. The number of hydrogen-bond donors (Lipinski definition) is 1. The molecule has 1 fully saturated rings. The van der Waals surface area contributed by atoms with E-state index in [0.29, 0.717) is 6.61 Å². The number of carbonyl (C=O) groups excluding carboxylic acids is 1. The highest BCUT2D eigenvalue weighted by atomic mass is 16.5. The fourth-order valence-electron chi connectivity index (χ4n) is 1.75. The Morgan fingerprint density at radius 3 is 2.73 bits per heavy atom. The predicted molar refractivity (Wildman–Crippen MR) is 57.7 cm³/mol. The van der Waals surface area contributed by atoms with Crippen molar-refractivity contribution in [3.05, 3.63) is 35.9 Å². The third-order valence-corrected chi connectivity index (χ3v) is 2.66. The van der Waals surface area contributed by atoms with Crippen LogP contribution in [0, 0.1) is 0 Å². The molecule has 1 aliphatic rings. The molecule has 0 aromatic heterocycles. The van der Waals surface area contributed by atoms with Crippen LogP contribution in [0.1, 0.15) is 24.2 Å². The van der Waals surface area contributed by atoms with Crippen LogP contribution < -0.4 is 5.32 Å². The first kappa shape index (κ1) is 10.3. The van der Waals surface area contributed by atoms with Crippen LogP contribution in [0.3, 0.4) is 0 Å². The summed E-state index contributed by atoms with van der Waals surface area (Å²) in [6.07, 6.45) is 0. The molecule has 0 saturated carbocycles. The molecule has 80 valence electrons. The van der Waals surface area contributed by atoms with Crippen molar-refractivity contribution in [2.75, 3.05) is 6.61 Å². The minimum atomic E-state index is -0.457. The Morgan fingerprint density at radius 1 is 1.47 bits per heavy atom. The zero-order chi connectivity index (χ0) is 10.9. The first-order chi connectivity index (χ1) is 7.17. The SMILES string of the molecule is CCOC1(C)NC1C(=O)c1ccccc1. The molecule has 1 heterocycles. The second-order valence-electron chi connectivity index (χ2n) is 3.85. The van der Waals surface area contributed by atoms with Crippen molar-refractivity contribution in [1.82, 2.24) is 5.32 Å². The average Bonchev–Trinajstić information content (AvgIpc) is 2.91. The minimum Gasteiger partial charge on any atom is -0.359 e. The van der Waals surface area contributed by atoms with Crippen molar-refractivity contribution >= 4 is 5.78 Å². The third-order valence-electron chi connectivity index (χ3n) is 2.66. The quantitative estimate of drug-likeness (QED) is 0.600. The van der Waals surface area contributed by atoms with Crippen molar-refractivity contribution in [1.29, 1.82) is 0 Å². The van der Waals surface area contributed by atoms with Crippen LogP contribution >= 0.6 is 0 Å². The Labute approximate surface area is 89.4 Å². The molecule has 2 atom stereocenters. The van der Waals surface area contributed by atoms with Gasteiger partial charge in [0.2, 0.25) is 0 Å². The van der Waals surface area contributed by atoms with Crippen molar-refractivity contribution < 1.29 is 9.53 Å². The molecular formula is C12H15NO2. The zero-order valence-electron chi connectivity index (χ0n) is 8.99. The maximum absolute atomic E-state index is 12.0. The van der Waals surface area contributed by atoms with Crippen LogP contribution in [0.4, 0.5) is 0 Å². The summed E-state index contributed by atoms with van der Waals surface area (Å²) in [5.41, 5.74) is 0.278. The van der Waals surface area contributed by atoms with Gasteiger partial charge in [0.15, 0.2) is 5.78 Å². The second kappa shape index (κ2) is 3.76. The summed E-state index contributed by atoms with van der Waals surface area (Å²) in [6.45, 7) is 4.44. The van der Waals surface area contributed by atoms with E-state index in [0.717, 1.165) is 5.56 Å². The summed E-state index contributed by atoms with van der Waals surface area (Å²) < 4.78 is 5.46. The third kappa shape index (κ3) is 1.94. The van der Waals surface area contributed by atoms with E-state index in [-0.39, 0.29) is 11.8 Å². The van der Waals surface area contributed by atoms with Gasteiger partial charge in [-0.15, -0.1) is 0 Å². The predicted octanol–water partition coefficient (Wildman–Crippen LogP) is 1.59. The molecule has 1 saturated heterocycles. The molecule has 2 rings (SSSR count). The van der Waals surface area contributed by atoms with Crippen molar-refractivity contribution in [2.24, 2.45) is 0 Å². The number of ether oxygens (including phenoxy) is 1. The Hall–Kier alpha value is -1.19. The number of ketones is 1. The molecule has 0 amide bonds. The molecule has 0 spiro atoms. The minimum absolute atomic E-state index is 0.103. The molecule has 0 aliphatic carbocycles. The lowest BCUT2D eigenvalue weighted by atomic mass is 10.1. The van der Waals surface area contributed by atoms with Gasteiger partial charge in [-0.2, -0.15) is 0 Å². The molecule has 0 radical (unpaired) electrons. The molecule has 1 aromatic carbocycles. The van der Waals surface area contributed by atoms with Gasteiger partial charge in [0, 0.05) is 12.2 Å². The van der Waals surface area contributed by atoms with E-state index in [1.54, 1.807) is 0 Å². The molecule has 1 aromatic rings. The summed E-state index contributed by atoms with van der Waals surface area (Å²) in [5, 5.41) is 3.07. The summed E-state index contributed by atoms with van der Waals surface area (Å²) in [4.78, 5) is 12.0. The lowest BCUT2D eigenvalue weighted by molar-refractivity contribution is 0.0440. The average molecular weight is 205 g/mol. The van der Waals surface area contributed by atoms with Gasteiger partial charge in [0.25, 0.3) is 0 Å². The molecule has 1 N–H and O–H groups in total. The summed E-state index contributed by atoms with van der Waals surface area (Å²) in [5.74, 6) is 0.103. The van der Waals surface area contributed by atoms with E-state index in [2.05, 4.69) is 5.32 Å². The number of carbonyl (C=O) groups is 1. The lowest BCUT2D eigenvalue weighted by Crippen LogP contribution is -2.21. The van der Waals surface area contributed by atoms with Crippen LogP contribution in [-0.2, 0) is 4.74 Å². The Kier molecular flexibility index (Phi) is 2.59. The van der Waals surface area contributed by atoms with E-state index in [9.17, 15) is 4.79 Å². The van der Waals surface area contributed by atoms with E-state index in [1.807, 2.05) is 44.2 Å². The highest BCUT2D eigenvalue weighted by Gasteiger charge is 2.55. The number of rotatable bonds is 4. The molecule has 3 heteroatoms. The van der Waals surface area contributed by atoms with Crippen molar-refractivity contribution in [3.63, 3.8) is 0 Å².